The fraction of sp³-hybridized carbons (Fsp3) is 0.769. The van der Waals surface area contributed by atoms with Crippen molar-refractivity contribution in [3.8, 4) is 11.5 Å². The number of aromatic hydroxyl groups is 2. The van der Waals surface area contributed by atoms with Crippen molar-refractivity contribution in [2.45, 2.75) is 117 Å². The molecular formula is C26H42O2. The topological polar surface area (TPSA) is 40.5 Å². The second-order valence-corrected chi connectivity index (χ2v) is 10.2. The van der Waals surface area contributed by atoms with E-state index in [4.69, 9.17) is 0 Å². The lowest BCUT2D eigenvalue weighted by atomic mass is 9.93. The van der Waals surface area contributed by atoms with Crippen molar-refractivity contribution in [1.29, 1.82) is 0 Å². The molecule has 158 valence electrons. The minimum Gasteiger partial charge on any atom is -0.504 e. The largest absolute Gasteiger partial charge is 0.504 e. The molecule has 2 aliphatic rings. The molecule has 2 heteroatoms. The van der Waals surface area contributed by atoms with E-state index in [0.29, 0.717) is 5.41 Å². The summed E-state index contributed by atoms with van der Waals surface area (Å²) < 4.78 is 0. The summed E-state index contributed by atoms with van der Waals surface area (Å²) >= 11 is 0. The molecule has 0 radical (unpaired) electrons. The Balaban J connectivity index is 1.38. The van der Waals surface area contributed by atoms with Crippen LogP contribution < -0.4 is 0 Å². The highest BCUT2D eigenvalue weighted by Crippen LogP contribution is 2.52. The van der Waals surface area contributed by atoms with Crippen molar-refractivity contribution in [2.24, 2.45) is 10.8 Å². The van der Waals surface area contributed by atoms with Crippen LogP contribution in [0.2, 0.25) is 0 Å². The van der Waals surface area contributed by atoms with Gasteiger partial charge in [0.05, 0.1) is 0 Å². The van der Waals surface area contributed by atoms with E-state index in [2.05, 4.69) is 13.8 Å². The third-order valence-electron chi connectivity index (χ3n) is 7.78. The third kappa shape index (κ3) is 6.16. The SMILES string of the molecule is CCC1(CCCCCCc2ccc(O)c(O)c2CCCCCC2(C)CC2)CC1. The van der Waals surface area contributed by atoms with Crippen molar-refractivity contribution >= 4 is 0 Å². The summed E-state index contributed by atoms with van der Waals surface area (Å²) in [4.78, 5) is 0. The molecule has 2 saturated carbocycles. The number of rotatable bonds is 14. The fourth-order valence-electron chi connectivity index (χ4n) is 4.80. The monoisotopic (exact) mass is 386 g/mol. The molecule has 2 fully saturated rings. The zero-order valence-corrected chi connectivity index (χ0v) is 18.4. The van der Waals surface area contributed by atoms with Gasteiger partial charge in [0.1, 0.15) is 0 Å². The van der Waals surface area contributed by atoms with Crippen LogP contribution in [0.3, 0.4) is 0 Å². The molecule has 0 aromatic heterocycles. The van der Waals surface area contributed by atoms with Gasteiger partial charge in [0.15, 0.2) is 11.5 Å². The summed E-state index contributed by atoms with van der Waals surface area (Å²) in [7, 11) is 0. The lowest BCUT2D eigenvalue weighted by Crippen LogP contribution is -1.99. The van der Waals surface area contributed by atoms with E-state index in [1.165, 1.54) is 89.0 Å². The molecule has 0 aliphatic heterocycles. The third-order valence-corrected chi connectivity index (χ3v) is 7.78. The van der Waals surface area contributed by atoms with E-state index in [0.717, 1.165) is 30.2 Å². The number of benzene rings is 1. The standard InChI is InChI=1S/C26H42O2/c1-3-26(19-20-26)16-10-5-4-7-11-21-13-14-23(27)24(28)22(21)12-8-6-9-15-25(2)17-18-25/h13-14,27-28H,3-12,15-20H2,1-2H3. The van der Waals surface area contributed by atoms with Gasteiger partial charge in [-0.3, -0.25) is 0 Å². The zero-order valence-electron chi connectivity index (χ0n) is 18.4. The Bertz CT molecular complexity index is 626. The highest BCUT2D eigenvalue weighted by molar-refractivity contribution is 5.49. The summed E-state index contributed by atoms with van der Waals surface area (Å²) in [5.41, 5.74) is 3.62. The first kappa shape index (κ1) is 21.5. The molecule has 1 aromatic carbocycles. The predicted molar refractivity (Wildman–Crippen MR) is 118 cm³/mol. The van der Waals surface area contributed by atoms with Crippen molar-refractivity contribution in [1.82, 2.24) is 0 Å². The molecule has 1 aromatic rings. The van der Waals surface area contributed by atoms with E-state index in [9.17, 15) is 10.2 Å². The quantitative estimate of drug-likeness (QED) is 0.254. The molecule has 0 bridgehead atoms. The Morgan fingerprint density at radius 3 is 2.11 bits per heavy atom. The molecule has 0 unspecified atom stereocenters. The van der Waals surface area contributed by atoms with Crippen molar-refractivity contribution in [3.63, 3.8) is 0 Å². The second-order valence-electron chi connectivity index (χ2n) is 10.2. The first-order valence-corrected chi connectivity index (χ1v) is 12.0. The highest BCUT2D eigenvalue weighted by atomic mass is 16.3. The average Bonchev–Trinajstić information content (AvgIpc) is 3.61. The summed E-state index contributed by atoms with van der Waals surface area (Å²) in [5.74, 6) is 0.170. The summed E-state index contributed by atoms with van der Waals surface area (Å²) in [6.45, 7) is 4.75. The molecule has 0 amide bonds. The van der Waals surface area contributed by atoms with Gasteiger partial charge in [-0.25, -0.2) is 0 Å². The van der Waals surface area contributed by atoms with E-state index >= 15 is 0 Å². The van der Waals surface area contributed by atoms with Crippen LogP contribution in [0, 0.1) is 10.8 Å². The van der Waals surface area contributed by atoms with Crippen molar-refractivity contribution < 1.29 is 10.2 Å². The normalized spacial score (nSPS) is 18.9. The Labute approximate surface area is 172 Å². The van der Waals surface area contributed by atoms with Gasteiger partial charge in [0.2, 0.25) is 0 Å². The number of unbranched alkanes of at least 4 members (excludes halogenated alkanes) is 5. The van der Waals surface area contributed by atoms with Crippen LogP contribution in [0.5, 0.6) is 11.5 Å². The first-order chi connectivity index (χ1) is 13.5. The lowest BCUT2D eigenvalue weighted by molar-refractivity contribution is 0.397. The molecule has 0 spiro atoms. The Morgan fingerprint density at radius 2 is 1.43 bits per heavy atom. The van der Waals surface area contributed by atoms with E-state index in [1.54, 1.807) is 6.07 Å². The maximum Gasteiger partial charge on any atom is 0.160 e. The molecule has 28 heavy (non-hydrogen) atoms. The summed E-state index contributed by atoms with van der Waals surface area (Å²) in [5, 5.41) is 20.3. The maximum atomic E-state index is 10.4. The lowest BCUT2D eigenvalue weighted by Gasteiger charge is -2.14. The van der Waals surface area contributed by atoms with E-state index in [1.807, 2.05) is 6.07 Å². The van der Waals surface area contributed by atoms with Crippen LogP contribution in [-0.2, 0) is 12.8 Å². The van der Waals surface area contributed by atoms with Crippen LogP contribution in [0.25, 0.3) is 0 Å². The van der Waals surface area contributed by atoms with Gasteiger partial charge in [-0.15, -0.1) is 0 Å². The van der Waals surface area contributed by atoms with Crippen LogP contribution in [0.15, 0.2) is 12.1 Å². The first-order valence-electron chi connectivity index (χ1n) is 12.0. The molecular weight excluding hydrogens is 344 g/mol. The van der Waals surface area contributed by atoms with Gasteiger partial charge in [-0.2, -0.15) is 0 Å². The van der Waals surface area contributed by atoms with Crippen LogP contribution >= 0.6 is 0 Å². The van der Waals surface area contributed by atoms with Gasteiger partial charge in [0.25, 0.3) is 0 Å². The minimum absolute atomic E-state index is 0.0403. The fourth-order valence-corrected chi connectivity index (χ4v) is 4.80. The minimum atomic E-state index is 0.0403. The van der Waals surface area contributed by atoms with E-state index < -0.39 is 0 Å². The van der Waals surface area contributed by atoms with E-state index in [-0.39, 0.29) is 11.5 Å². The molecule has 0 heterocycles. The predicted octanol–water partition coefficient (Wildman–Crippen LogP) is 7.68. The zero-order chi connectivity index (χ0) is 20.0. The Hall–Kier alpha value is -1.18. The van der Waals surface area contributed by atoms with Gasteiger partial charge >= 0.3 is 0 Å². The Kier molecular flexibility index (Phi) is 7.34. The van der Waals surface area contributed by atoms with Gasteiger partial charge in [-0.1, -0.05) is 58.4 Å². The van der Waals surface area contributed by atoms with Gasteiger partial charge in [-0.05, 0) is 86.7 Å². The number of hydrogen-bond donors (Lipinski definition) is 2. The molecule has 2 aliphatic carbocycles. The van der Waals surface area contributed by atoms with Crippen molar-refractivity contribution in [3.05, 3.63) is 23.3 Å². The molecule has 3 rings (SSSR count). The number of hydrogen-bond acceptors (Lipinski definition) is 2. The number of aryl methyl sites for hydroxylation is 1. The number of phenols is 2. The van der Waals surface area contributed by atoms with Gasteiger partial charge < -0.3 is 10.2 Å². The van der Waals surface area contributed by atoms with Crippen LogP contribution in [0.4, 0.5) is 0 Å². The summed E-state index contributed by atoms with van der Waals surface area (Å²) in [6.07, 6.45) is 20.6. The Morgan fingerprint density at radius 1 is 0.786 bits per heavy atom. The van der Waals surface area contributed by atoms with Gasteiger partial charge in [0, 0.05) is 5.56 Å². The number of phenolic OH excluding ortho intramolecular Hbond substituents is 2. The van der Waals surface area contributed by atoms with Crippen LogP contribution in [-0.4, -0.2) is 10.2 Å². The molecule has 0 saturated heterocycles. The summed E-state index contributed by atoms with van der Waals surface area (Å²) in [6, 6.07) is 3.70. The second kappa shape index (κ2) is 9.55. The molecule has 2 nitrogen and oxygen atoms in total. The molecule has 0 atom stereocenters. The average molecular weight is 387 g/mol. The van der Waals surface area contributed by atoms with Crippen molar-refractivity contribution in [2.75, 3.05) is 0 Å². The molecule has 2 N–H and O–H groups in total. The maximum absolute atomic E-state index is 10.4. The van der Waals surface area contributed by atoms with Crippen LogP contribution in [0.1, 0.15) is 115 Å². The highest BCUT2D eigenvalue weighted by Gasteiger charge is 2.39. The smallest absolute Gasteiger partial charge is 0.160 e.